The zero-order valence-electron chi connectivity index (χ0n) is 9.77. The number of likely N-dealkylation sites (tertiary alicyclic amines) is 1. The molecule has 0 aliphatic carbocycles. The van der Waals surface area contributed by atoms with Gasteiger partial charge in [0.2, 0.25) is 0 Å². The van der Waals surface area contributed by atoms with E-state index in [9.17, 15) is 9.90 Å². The number of hydrogen-bond donors (Lipinski definition) is 1. The monoisotopic (exact) mass is 345 g/mol. The smallest absolute Gasteiger partial charge is 0.255 e. The van der Waals surface area contributed by atoms with Gasteiger partial charge in [-0.2, -0.15) is 0 Å². The molecule has 2 unspecified atom stereocenters. The van der Waals surface area contributed by atoms with Crippen molar-refractivity contribution >= 4 is 28.5 Å². The Labute approximate surface area is 115 Å². The van der Waals surface area contributed by atoms with Crippen molar-refractivity contribution in [2.45, 2.75) is 19.4 Å². The van der Waals surface area contributed by atoms with Crippen LogP contribution in [0.4, 0.5) is 0 Å². The largest absolute Gasteiger partial charge is 0.391 e. The summed E-state index contributed by atoms with van der Waals surface area (Å²) in [6, 6.07) is 7.56. The molecule has 2 atom stereocenters. The molecule has 1 saturated heterocycles. The summed E-state index contributed by atoms with van der Waals surface area (Å²) in [5.74, 6) is 0.315. The number of nitrogens with zero attached hydrogens (tertiary/aromatic N) is 1. The molecule has 0 bridgehead atoms. The Morgan fingerprint density at radius 3 is 2.82 bits per heavy atom. The van der Waals surface area contributed by atoms with Crippen LogP contribution in [0.25, 0.3) is 0 Å². The fourth-order valence-corrected chi connectivity index (χ4v) is 2.66. The maximum absolute atomic E-state index is 12.3. The van der Waals surface area contributed by atoms with Crippen molar-refractivity contribution in [3.05, 3.63) is 33.4 Å². The highest BCUT2D eigenvalue weighted by molar-refractivity contribution is 14.1. The summed E-state index contributed by atoms with van der Waals surface area (Å²) in [7, 11) is 0. The lowest BCUT2D eigenvalue weighted by atomic mass is 9.95. The van der Waals surface area contributed by atoms with Crippen LogP contribution >= 0.6 is 22.6 Å². The standard InChI is InChI=1S/C13H16INO2/c1-9-6-7-15(8-12(9)16)13(17)10-4-2-3-5-11(10)14/h2-5,9,12,16H,6-8H2,1H3. The van der Waals surface area contributed by atoms with Crippen molar-refractivity contribution in [2.75, 3.05) is 13.1 Å². The first-order valence-electron chi connectivity index (χ1n) is 5.81. The number of aliphatic hydroxyl groups is 1. The molecule has 1 aromatic rings. The number of rotatable bonds is 1. The molecule has 0 saturated carbocycles. The summed E-state index contributed by atoms with van der Waals surface area (Å²) < 4.78 is 0.961. The topological polar surface area (TPSA) is 40.5 Å². The average Bonchev–Trinajstić information content (AvgIpc) is 2.32. The summed E-state index contributed by atoms with van der Waals surface area (Å²) in [4.78, 5) is 14.0. The SMILES string of the molecule is CC1CCN(C(=O)c2ccccc2I)CC1O. The first kappa shape index (κ1) is 12.8. The minimum atomic E-state index is -0.394. The molecule has 2 rings (SSSR count). The Morgan fingerprint density at radius 2 is 2.18 bits per heavy atom. The minimum absolute atomic E-state index is 0.0287. The van der Waals surface area contributed by atoms with E-state index in [4.69, 9.17) is 0 Å². The highest BCUT2D eigenvalue weighted by Gasteiger charge is 2.28. The van der Waals surface area contributed by atoms with Gasteiger partial charge in [-0.05, 0) is 47.1 Å². The van der Waals surface area contributed by atoms with E-state index < -0.39 is 6.10 Å². The average molecular weight is 345 g/mol. The van der Waals surface area contributed by atoms with Gasteiger partial charge in [0.1, 0.15) is 0 Å². The van der Waals surface area contributed by atoms with Gasteiger partial charge in [-0.3, -0.25) is 4.79 Å². The Morgan fingerprint density at radius 1 is 1.47 bits per heavy atom. The van der Waals surface area contributed by atoms with Crippen molar-refractivity contribution in [1.29, 1.82) is 0 Å². The lowest BCUT2D eigenvalue weighted by Gasteiger charge is -2.34. The molecule has 4 heteroatoms. The van der Waals surface area contributed by atoms with E-state index in [0.717, 1.165) is 22.1 Å². The van der Waals surface area contributed by atoms with Crippen LogP contribution in [0, 0.1) is 9.49 Å². The van der Waals surface area contributed by atoms with Crippen LogP contribution in [0.15, 0.2) is 24.3 Å². The van der Waals surface area contributed by atoms with Crippen LogP contribution in [0.3, 0.4) is 0 Å². The molecule has 1 aliphatic heterocycles. The fourth-order valence-electron chi connectivity index (χ4n) is 2.04. The van der Waals surface area contributed by atoms with Crippen LogP contribution in [-0.2, 0) is 0 Å². The summed E-state index contributed by atoms with van der Waals surface area (Å²) in [6.45, 7) is 3.21. The zero-order chi connectivity index (χ0) is 12.4. The predicted octanol–water partition coefficient (Wildman–Crippen LogP) is 2.13. The van der Waals surface area contributed by atoms with Crippen LogP contribution < -0.4 is 0 Å². The van der Waals surface area contributed by atoms with Gasteiger partial charge in [-0.25, -0.2) is 0 Å². The van der Waals surface area contributed by atoms with E-state index in [-0.39, 0.29) is 11.8 Å². The molecule has 0 spiro atoms. The van der Waals surface area contributed by atoms with E-state index in [1.54, 1.807) is 4.90 Å². The third-order valence-corrected chi connectivity index (χ3v) is 4.25. The first-order valence-corrected chi connectivity index (χ1v) is 6.89. The van der Waals surface area contributed by atoms with Gasteiger partial charge < -0.3 is 10.0 Å². The zero-order valence-corrected chi connectivity index (χ0v) is 11.9. The van der Waals surface area contributed by atoms with Crippen LogP contribution in [-0.4, -0.2) is 35.1 Å². The highest BCUT2D eigenvalue weighted by Crippen LogP contribution is 2.20. The molecule has 0 aromatic heterocycles. The maximum atomic E-state index is 12.3. The second kappa shape index (κ2) is 5.35. The van der Waals surface area contributed by atoms with E-state index in [1.807, 2.05) is 31.2 Å². The lowest BCUT2D eigenvalue weighted by Crippen LogP contribution is -2.46. The van der Waals surface area contributed by atoms with Crippen LogP contribution in [0.5, 0.6) is 0 Å². The molecule has 1 fully saturated rings. The van der Waals surface area contributed by atoms with Gasteiger partial charge in [0.05, 0.1) is 11.7 Å². The minimum Gasteiger partial charge on any atom is -0.391 e. The molecular formula is C13H16INO2. The molecule has 1 heterocycles. The molecule has 3 nitrogen and oxygen atoms in total. The molecule has 0 radical (unpaired) electrons. The summed E-state index contributed by atoms with van der Waals surface area (Å²) >= 11 is 2.17. The Bertz CT molecular complexity index is 422. The molecular weight excluding hydrogens is 329 g/mol. The number of benzene rings is 1. The number of β-amino-alcohol motifs (C(OH)–C–C–N with tert-alkyl or cyclic N) is 1. The van der Waals surface area contributed by atoms with E-state index in [0.29, 0.717) is 6.54 Å². The van der Waals surface area contributed by atoms with Crippen molar-refractivity contribution in [3.63, 3.8) is 0 Å². The van der Waals surface area contributed by atoms with E-state index in [2.05, 4.69) is 22.6 Å². The Kier molecular flexibility index (Phi) is 4.04. The quantitative estimate of drug-likeness (QED) is 0.793. The van der Waals surface area contributed by atoms with Crippen molar-refractivity contribution < 1.29 is 9.90 Å². The second-order valence-corrected chi connectivity index (χ2v) is 5.73. The van der Waals surface area contributed by atoms with E-state index in [1.165, 1.54) is 0 Å². The van der Waals surface area contributed by atoms with Gasteiger partial charge >= 0.3 is 0 Å². The molecule has 1 amide bonds. The van der Waals surface area contributed by atoms with Gasteiger partial charge in [0, 0.05) is 16.7 Å². The Balaban J connectivity index is 2.14. The number of piperidine rings is 1. The van der Waals surface area contributed by atoms with Crippen LogP contribution in [0.1, 0.15) is 23.7 Å². The molecule has 1 aliphatic rings. The number of carbonyl (C=O) groups excluding carboxylic acids is 1. The normalized spacial score (nSPS) is 24.8. The molecule has 92 valence electrons. The number of hydrogen-bond acceptors (Lipinski definition) is 2. The van der Waals surface area contributed by atoms with Crippen molar-refractivity contribution in [2.24, 2.45) is 5.92 Å². The first-order chi connectivity index (χ1) is 8.09. The number of halogens is 1. The van der Waals surface area contributed by atoms with Crippen molar-refractivity contribution in [1.82, 2.24) is 4.90 Å². The molecule has 1 aromatic carbocycles. The predicted molar refractivity (Wildman–Crippen MR) is 74.9 cm³/mol. The van der Waals surface area contributed by atoms with Gasteiger partial charge in [0.15, 0.2) is 0 Å². The third-order valence-electron chi connectivity index (χ3n) is 3.31. The Hall–Kier alpha value is -0.620. The fraction of sp³-hybridized carbons (Fsp3) is 0.462. The van der Waals surface area contributed by atoms with Gasteiger partial charge in [-0.15, -0.1) is 0 Å². The number of aliphatic hydroxyl groups excluding tert-OH is 1. The van der Waals surface area contributed by atoms with Gasteiger partial charge in [-0.1, -0.05) is 19.1 Å². The van der Waals surface area contributed by atoms with Crippen LogP contribution in [0.2, 0.25) is 0 Å². The molecule has 1 N–H and O–H groups in total. The van der Waals surface area contributed by atoms with Gasteiger partial charge in [0.25, 0.3) is 5.91 Å². The summed E-state index contributed by atoms with van der Waals surface area (Å²) in [6.07, 6.45) is 0.477. The maximum Gasteiger partial charge on any atom is 0.255 e. The summed E-state index contributed by atoms with van der Waals surface area (Å²) in [5.41, 5.74) is 0.731. The highest BCUT2D eigenvalue weighted by atomic mass is 127. The second-order valence-electron chi connectivity index (χ2n) is 4.56. The lowest BCUT2D eigenvalue weighted by molar-refractivity contribution is 0.0248. The summed E-state index contributed by atoms with van der Waals surface area (Å²) in [5, 5.41) is 9.82. The third kappa shape index (κ3) is 2.80. The number of carbonyl (C=O) groups is 1. The molecule has 17 heavy (non-hydrogen) atoms. The van der Waals surface area contributed by atoms with E-state index >= 15 is 0 Å². The number of amides is 1. The van der Waals surface area contributed by atoms with Crippen molar-refractivity contribution in [3.8, 4) is 0 Å².